The van der Waals surface area contributed by atoms with E-state index in [2.05, 4.69) is 27.0 Å². The summed E-state index contributed by atoms with van der Waals surface area (Å²) >= 11 is 0. The number of aromatic nitrogens is 2. The number of hydrogen-bond donors (Lipinski definition) is 1. The second-order valence-electron chi connectivity index (χ2n) is 6.23. The molecule has 0 bridgehead atoms. The van der Waals surface area contributed by atoms with Gasteiger partial charge in [0.15, 0.2) is 0 Å². The van der Waals surface area contributed by atoms with Gasteiger partial charge in [-0.2, -0.15) is 0 Å². The number of aliphatic hydroxyl groups is 1. The highest BCUT2D eigenvalue weighted by molar-refractivity contribution is 4.82. The number of likely N-dealkylation sites (tertiary alicyclic amines) is 1. The van der Waals surface area contributed by atoms with E-state index in [1.54, 1.807) is 0 Å². The Labute approximate surface area is 127 Å². The summed E-state index contributed by atoms with van der Waals surface area (Å²) in [6.07, 6.45) is 2.95. The van der Waals surface area contributed by atoms with Gasteiger partial charge < -0.3 is 14.4 Å². The summed E-state index contributed by atoms with van der Waals surface area (Å²) in [5.74, 6) is 2.14. The summed E-state index contributed by atoms with van der Waals surface area (Å²) in [5.41, 5.74) is 0. The van der Waals surface area contributed by atoms with E-state index in [-0.39, 0.29) is 6.10 Å². The molecule has 21 heavy (non-hydrogen) atoms. The molecule has 0 amide bonds. The number of nitrogens with zero attached hydrogens (tertiary/aromatic N) is 4. The molecule has 2 heterocycles. The Bertz CT molecular complexity index is 414. The van der Waals surface area contributed by atoms with Gasteiger partial charge in [-0.15, -0.1) is 10.2 Å². The third-order valence-corrected chi connectivity index (χ3v) is 4.02. The maximum atomic E-state index is 9.43. The molecule has 1 N–H and O–H groups in total. The summed E-state index contributed by atoms with van der Waals surface area (Å²) in [6, 6.07) is 0. The monoisotopic (exact) mass is 296 g/mol. The molecule has 1 atom stereocenters. The van der Waals surface area contributed by atoms with Crippen molar-refractivity contribution in [3.05, 3.63) is 11.8 Å². The van der Waals surface area contributed by atoms with Gasteiger partial charge in [-0.1, -0.05) is 6.92 Å². The molecule has 1 aliphatic heterocycles. The number of hydrogen-bond acceptors (Lipinski definition) is 6. The molecule has 1 aliphatic rings. The van der Waals surface area contributed by atoms with Crippen LogP contribution in [0.15, 0.2) is 4.42 Å². The molecule has 6 nitrogen and oxygen atoms in total. The molecule has 2 rings (SSSR count). The molecule has 0 spiro atoms. The van der Waals surface area contributed by atoms with Crippen molar-refractivity contribution in [1.29, 1.82) is 0 Å². The predicted molar refractivity (Wildman–Crippen MR) is 80.9 cm³/mol. The summed E-state index contributed by atoms with van der Waals surface area (Å²) in [7, 11) is 2.11. The van der Waals surface area contributed by atoms with E-state index < -0.39 is 0 Å². The normalized spacial score (nSPS) is 19.3. The zero-order valence-corrected chi connectivity index (χ0v) is 13.5. The van der Waals surface area contributed by atoms with E-state index in [0.29, 0.717) is 17.7 Å². The third-order valence-electron chi connectivity index (χ3n) is 4.02. The van der Waals surface area contributed by atoms with Crippen molar-refractivity contribution in [3.63, 3.8) is 0 Å². The predicted octanol–water partition coefficient (Wildman–Crippen LogP) is 1.16. The summed E-state index contributed by atoms with van der Waals surface area (Å²) < 4.78 is 5.55. The first-order chi connectivity index (χ1) is 10.1. The number of β-amino-alcohol motifs (C(OH)–C–C–N with tert-alkyl or cyclic N) is 1. The molecule has 1 unspecified atom stereocenters. The van der Waals surface area contributed by atoms with Crippen LogP contribution in [-0.4, -0.2) is 64.4 Å². The molecule has 1 aromatic rings. The van der Waals surface area contributed by atoms with Gasteiger partial charge in [0.25, 0.3) is 0 Å². The lowest BCUT2D eigenvalue weighted by atomic mass is 9.96. The first-order valence-electron chi connectivity index (χ1n) is 7.97. The van der Waals surface area contributed by atoms with E-state index in [4.69, 9.17) is 4.42 Å². The lowest BCUT2D eigenvalue weighted by molar-refractivity contribution is 0.0910. The first kappa shape index (κ1) is 16.4. The van der Waals surface area contributed by atoms with E-state index in [0.717, 1.165) is 39.1 Å². The minimum absolute atomic E-state index is 0.227. The van der Waals surface area contributed by atoms with Crippen molar-refractivity contribution in [2.45, 2.75) is 45.8 Å². The fourth-order valence-corrected chi connectivity index (χ4v) is 2.96. The van der Waals surface area contributed by atoms with Crippen LogP contribution in [0.1, 0.15) is 38.5 Å². The largest absolute Gasteiger partial charge is 0.424 e. The Kier molecular flexibility index (Phi) is 6.14. The van der Waals surface area contributed by atoms with Gasteiger partial charge in [0.1, 0.15) is 0 Å². The van der Waals surface area contributed by atoms with Crippen molar-refractivity contribution >= 4 is 0 Å². The molecule has 1 aromatic heterocycles. The summed E-state index contributed by atoms with van der Waals surface area (Å²) in [6.45, 7) is 8.63. The van der Waals surface area contributed by atoms with Gasteiger partial charge in [0.2, 0.25) is 11.8 Å². The van der Waals surface area contributed by atoms with Crippen LogP contribution < -0.4 is 0 Å². The van der Waals surface area contributed by atoms with Crippen molar-refractivity contribution in [3.8, 4) is 0 Å². The molecule has 0 radical (unpaired) electrons. The molecular weight excluding hydrogens is 268 g/mol. The molecule has 120 valence electrons. The molecule has 1 saturated heterocycles. The van der Waals surface area contributed by atoms with Crippen LogP contribution in [0.5, 0.6) is 0 Å². The quantitative estimate of drug-likeness (QED) is 0.814. The van der Waals surface area contributed by atoms with Crippen LogP contribution in [0.25, 0.3) is 0 Å². The Morgan fingerprint density at radius 2 is 2.00 bits per heavy atom. The maximum absolute atomic E-state index is 9.43. The smallest absolute Gasteiger partial charge is 0.230 e. The highest BCUT2D eigenvalue weighted by atomic mass is 16.4. The van der Waals surface area contributed by atoms with Crippen LogP contribution in [0.4, 0.5) is 0 Å². The summed E-state index contributed by atoms with van der Waals surface area (Å²) in [4.78, 5) is 4.62. The van der Waals surface area contributed by atoms with Gasteiger partial charge in [-0.3, -0.25) is 4.90 Å². The van der Waals surface area contributed by atoms with Crippen molar-refractivity contribution in [1.82, 2.24) is 20.0 Å². The van der Waals surface area contributed by atoms with Gasteiger partial charge >= 0.3 is 0 Å². The molecular formula is C15H28N4O2. The van der Waals surface area contributed by atoms with Crippen molar-refractivity contribution < 1.29 is 9.52 Å². The molecule has 6 heteroatoms. The number of aliphatic hydroxyl groups excluding tert-OH is 1. The average Bonchev–Trinajstić information content (AvgIpc) is 2.88. The van der Waals surface area contributed by atoms with Gasteiger partial charge in [0.05, 0.1) is 12.6 Å². The van der Waals surface area contributed by atoms with E-state index >= 15 is 0 Å². The number of rotatable bonds is 7. The number of aryl methyl sites for hydroxylation is 1. The summed E-state index contributed by atoms with van der Waals surface area (Å²) in [5, 5.41) is 17.5. The Hall–Kier alpha value is -0.980. The van der Waals surface area contributed by atoms with E-state index in [1.165, 1.54) is 12.8 Å². The fourth-order valence-electron chi connectivity index (χ4n) is 2.96. The molecule has 0 aromatic carbocycles. The Balaban J connectivity index is 1.70. The van der Waals surface area contributed by atoms with Gasteiger partial charge in [-0.05, 0) is 45.8 Å². The molecule has 1 fully saturated rings. The highest BCUT2D eigenvalue weighted by Gasteiger charge is 2.21. The number of piperidine rings is 1. The molecule has 0 aliphatic carbocycles. The van der Waals surface area contributed by atoms with E-state index in [1.807, 2.05) is 13.8 Å². The van der Waals surface area contributed by atoms with Crippen LogP contribution in [0.2, 0.25) is 0 Å². The van der Waals surface area contributed by atoms with Crippen LogP contribution >= 0.6 is 0 Å². The minimum Gasteiger partial charge on any atom is -0.424 e. The topological polar surface area (TPSA) is 65.6 Å². The van der Waals surface area contributed by atoms with Crippen LogP contribution in [0, 0.1) is 5.92 Å². The second-order valence-corrected chi connectivity index (χ2v) is 6.23. The zero-order chi connectivity index (χ0) is 15.2. The highest BCUT2D eigenvalue weighted by Crippen LogP contribution is 2.19. The van der Waals surface area contributed by atoms with E-state index in [9.17, 15) is 5.11 Å². The van der Waals surface area contributed by atoms with Gasteiger partial charge in [-0.25, -0.2) is 0 Å². The Morgan fingerprint density at radius 3 is 2.57 bits per heavy atom. The average molecular weight is 296 g/mol. The second kappa shape index (κ2) is 7.87. The minimum atomic E-state index is -0.227. The van der Waals surface area contributed by atoms with Crippen LogP contribution in [-0.2, 0) is 13.0 Å². The van der Waals surface area contributed by atoms with Crippen LogP contribution in [0.3, 0.4) is 0 Å². The zero-order valence-electron chi connectivity index (χ0n) is 13.5. The Morgan fingerprint density at radius 1 is 1.33 bits per heavy atom. The lowest BCUT2D eigenvalue weighted by Crippen LogP contribution is -2.40. The van der Waals surface area contributed by atoms with Gasteiger partial charge in [0, 0.05) is 19.5 Å². The standard InChI is InChI=1S/C15H28N4O2/c1-4-14-16-17-15(21-14)11-18(3)10-13-5-7-19(8-6-13)9-12(2)20/h12-13,20H,4-11H2,1-3H3. The molecule has 0 saturated carbocycles. The SMILES string of the molecule is CCc1nnc(CN(C)CC2CCN(CC(C)O)CC2)o1. The maximum Gasteiger partial charge on any atom is 0.230 e. The van der Waals surface area contributed by atoms with Crippen molar-refractivity contribution in [2.24, 2.45) is 5.92 Å². The third kappa shape index (κ3) is 5.37. The first-order valence-corrected chi connectivity index (χ1v) is 7.97. The lowest BCUT2D eigenvalue weighted by Gasteiger charge is -2.34. The van der Waals surface area contributed by atoms with Crippen molar-refractivity contribution in [2.75, 3.05) is 33.2 Å². The fraction of sp³-hybridized carbons (Fsp3) is 0.867.